The molecule has 0 spiro atoms. The molecule has 1 aromatic carbocycles. The summed E-state index contributed by atoms with van der Waals surface area (Å²) in [5, 5.41) is 4.23. The number of carbonyl (C=O) groups is 1. The van der Waals surface area contributed by atoms with Crippen LogP contribution in [-0.2, 0) is 9.53 Å². The Morgan fingerprint density at radius 3 is 3.00 bits per heavy atom. The van der Waals surface area contributed by atoms with E-state index in [9.17, 15) is 4.79 Å². The lowest BCUT2D eigenvalue weighted by Crippen LogP contribution is -2.02. The molecule has 2 rings (SSSR count). The van der Waals surface area contributed by atoms with Crippen LogP contribution in [0.1, 0.15) is 30.9 Å². The summed E-state index contributed by atoms with van der Waals surface area (Å²) in [6.45, 7) is 4.55. The molecule has 0 aliphatic carbocycles. The van der Waals surface area contributed by atoms with Crippen molar-refractivity contribution in [2.45, 2.75) is 26.7 Å². The molecule has 0 radical (unpaired) electrons. The van der Waals surface area contributed by atoms with Gasteiger partial charge < -0.3 is 4.74 Å². The average Bonchev–Trinajstić information content (AvgIpc) is 2.99. The molecule has 0 saturated carbocycles. The number of ether oxygens (including phenoxy) is 1. The predicted molar refractivity (Wildman–Crippen MR) is 83.2 cm³/mol. The van der Waals surface area contributed by atoms with Gasteiger partial charge in [0.2, 0.25) is 0 Å². The lowest BCUT2D eigenvalue weighted by Gasteiger charge is -2.07. The molecule has 0 amide bonds. The van der Waals surface area contributed by atoms with Crippen molar-refractivity contribution in [1.82, 2.24) is 9.78 Å². The number of rotatable bonds is 6. The molecular weight excluding hydrogens is 264 g/mol. The molecule has 4 heteroatoms. The fourth-order valence-electron chi connectivity index (χ4n) is 1.95. The highest BCUT2D eigenvalue weighted by atomic mass is 16.5. The van der Waals surface area contributed by atoms with Gasteiger partial charge in [0.05, 0.1) is 12.3 Å². The number of hydrogen-bond donors (Lipinski definition) is 0. The average molecular weight is 284 g/mol. The maximum Gasteiger partial charge on any atom is 0.330 e. The monoisotopic (exact) mass is 284 g/mol. The molecule has 0 bridgehead atoms. The van der Waals surface area contributed by atoms with E-state index in [1.807, 2.05) is 37.4 Å². The van der Waals surface area contributed by atoms with Crippen LogP contribution >= 0.6 is 0 Å². The van der Waals surface area contributed by atoms with E-state index >= 15 is 0 Å². The van der Waals surface area contributed by atoms with Crippen molar-refractivity contribution in [3.05, 3.63) is 53.9 Å². The first-order chi connectivity index (χ1) is 10.2. The molecule has 1 heterocycles. The van der Waals surface area contributed by atoms with Gasteiger partial charge in [-0.15, -0.1) is 0 Å². The zero-order valence-corrected chi connectivity index (χ0v) is 12.5. The number of carbonyl (C=O) groups excluding carboxylic acids is 1. The van der Waals surface area contributed by atoms with E-state index < -0.39 is 0 Å². The predicted octanol–water partition coefficient (Wildman–Crippen LogP) is 3.54. The topological polar surface area (TPSA) is 44.1 Å². The van der Waals surface area contributed by atoms with Crippen molar-refractivity contribution in [2.24, 2.45) is 0 Å². The van der Waals surface area contributed by atoms with Crippen LogP contribution in [0.2, 0.25) is 0 Å². The Morgan fingerprint density at radius 1 is 1.43 bits per heavy atom. The van der Waals surface area contributed by atoms with Crippen LogP contribution in [0.4, 0.5) is 0 Å². The minimum Gasteiger partial charge on any atom is -0.463 e. The molecule has 0 aliphatic heterocycles. The molecule has 2 aromatic rings. The van der Waals surface area contributed by atoms with E-state index in [1.54, 1.807) is 17.0 Å². The largest absolute Gasteiger partial charge is 0.463 e. The van der Waals surface area contributed by atoms with Crippen LogP contribution in [0, 0.1) is 6.92 Å². The van der Waals surface area contributed by atoms with Gasteiger partial charge in [-0.05, 0) is 37.6 Å². The van der Waals surface area contributed by atoms with Gasteiger partial charge in [-0.25, -0.2) is 9.48 Å². The Morgan fingerprint density at radius 2 is 2.29 bits per heavy atom. The van der Waals surface area contributed by atoms with E-state index in [1.165, 1.54) is 6.08 Å². The summed E-state index contributed by atoms with van der Waals surface area (Å²) >= 11 is 0. The van der Waals surface area contributed by atoms with E-state index in [4.69, 9.17) is 4.74 Å². The second-order valence-electron chi connectivity index (χ2n) is 4.87. The smallest absolute Gasteiger partial charge is 0.330 e. The summed E-state index contributed by atoms with van der Waals surface area (Å²) in [5.74, 6) is -0.309. The number of benzene rings is 1. The van der Waals surface area contributed by atoms with E-state index in [0.717, 1.165) is 29.7 Å². The molecule has 0 saturated heterocycles. The van der Waals surface area contributed by atoms with Crippen molar-refractivity contribution in [1.29, 1.82) is 0 Å². The Balaban J connectivity index is 2.15. The first-order valence-electron chi connectivity index (χ1n) is 7.16. The molecule has 21 heavy (non-hydrogen) atoms. The standard InChI is InChI=1S/C17H20N2O2/c1-3-4-12-21-17(20)9-7-15-13-14(2)6-8-16(15)19-11-5-10-18-19/h5-11,13H,3-4,12H2,1-2H3/b9-7+. The summed E-state index contributed by atoms with van der Waals surface area (Å²) in [6.07, 6.45) is 8.75. The number of nitrogens with zero attached hydrogens (tertiary/aromatic N) is 2. The van der Waals surface area contributed by atoms with Crippen LogP contribution in [-0.4, -0.2) is 22.4 Å². The third-order valence-electron chi connectivity index (χ3n) is 3.08. The lowest BCUT2D eigenvalue weighted by atomic mass is 10.1. The third-order valence-corrected chi connectivity index (χ3v) is 3.08. The molecule has 1 aromatic heterocycles. The normalized spacial score (nSPS) is 11.0. The Kier molecular flexibility index (Phi) is 5.32. The molecule has 4 nitrogen and oxygen atoms in total. The Bertz CT molecular complexity index is 616. The SMILES string of the molecule is CCCCOC(=O)/C=C/c1cc(C)ccc1-n1cccn1. The van der Waals surface area contributed by atoms with Gasteiger partial charge >= 0.3 is 5.97 Å². The maximum atomic E-state index is 11.6. The zero-order chi connectivity index (χ0) is 15.1. The van der Waals surface area contributed by atoms with Crippen LogP contribution in [0.15, 0.2) is 42.7 Å². The first-order valence-corrected chi connectivity index (χ1v) is 7.16. The van der Waals surface area contributed by atoms with E-state index in [0.29, 0.717) is 6.61 Å². The quantitative estimate of drug-likeness (QED) is 0.463. The molecule has 0 atom stereocenters. The summed E-state index contributed by atoms with van der Waals surface area (Å²) < 4.78 is 6.90. The minimum atomic E-state index is -0.309. The minimum absolute atomic E-state index is 0.309. The van der Waals surface area contributed by atoms with E-state index in [2.05, 4.69) is 12.0 Å². The molecule has 0 aliphatic rings. The number of aromatic nitrogens is 2. The first kappa shape index (κ1) is 15.0. The van der Waals surface area contributed by atoms with Crippen molar-refractivity contribution in [2.75, 3.05) is 6.61 Å². The Labute approximate surface area is 125 Å². The van der Waals surface area contributed by atoms with Crippen LogP contribution < -0.4 is 0 Å². The number of esters is 1. The van der Waals surface area contributed by atoms with Gasteiger partial charge in [-0.2, -0.15) is 5.10 Å². The van der Waals surface area contributed by atoms with Gasteiger partial charge in [0.25, 0.3) is 0 Å². The zero-order valence-electron chi connectivity index (χ0n) is 12.5. The van der Waals surface area contributed by atoms with Gasteiger partial charge in [0, 0.05) is 24.0 Å². The second-order valence-corrected chi connectivity index (χ2v) is 4.87. The van der Waals surface area contributed by atoms with Gasteiger partial charge in [-0.1, -0.05) is 25.0 Å². The number of aryl methyl sites for hydroxylation is 1. The third kappa shape index (κ3) is 4.31. The molecule has 0 N–H and O–H groups in total. The van der Waals surface area contributed by atoms with Gasteiger partial charge in [-0.3, -0.25) is 0 Å². The van der Waals surface area contributed by atoms with Crippen molar-refractivity contribution >= 4 is 12.0 Å². The molecule has 110 valence electrons. The highest BCUT2D eigenvalue weighted by Crippen LogP contribution is 2.17. The highest BCUT2D eigenvalue weighted by molar-refractivity contribution is 5.87. The number of unbranched alkanes of at least 4 members (excludes halogenated alkanes) is 1. The number of hydrogen-bond acceptors (Lipinski definition) is 3. The molecule has 0 fully saturated rings. The lowest BCUT2D eigenvalue weighted by molar-refractivity contribution is -0.137. The summed E-state index contributed by atoms with van der Waals surface area (Å²) in [5.41, 5.74) is 3.00. The van der Waals surface area contributed by atoms with Crippen molar-refractivity contribution in [3.63, 3.8) is 0 Å². The summed E-state index contributed by atoms with van der Waals surface area (Å²) in [4.78, 5) is 11.6. The fraction of sp³-hybridized carbons (Fsp3) is 0.294. The van der Waals surface area contributed by atoms with Gasteiger partial charge in [0.15, 0.2) is 0 Å². The van der Waals surface area contributed by atoms with Crippen LogP contribution in [0.25, 0.3) is 11.8 Å². The summed E-state index contributed by atoms with van der Waals surface area (Å²) in [6, 6.07) is 7.90. The maximum absolute atomic E-state index is 11.6. The fourth-order valence-corrected chi connectivity index (χ4v) is 1.95. The van der Waals surface area contributed by atoms with E-state index in [-0.39, 0.29) is 5.97 Å². The molecular formula is C17H20N2O2. The summed E-state index contributed by atoms with van der Waals surface area (Å²) in [7, 11) is 0. The highest BCUT2D eigenvalue weighted by Gasteiger charge is 2.04. The second kappa shape index (κ2) is 7.43. The Hall–Kier alpha value is -2.36. The molecule has 0 unspecified atom stereocenters. The van der Waals surface area contributed by atoms with Crippen LogP contribution in [0.3, 0.4) is 0 Å². The van der Waals surface area contributed by atoms with Crippen molar-refractivity contribution in [3.8, 4) is 5.69 Å². The van der Waals surface area contributed by atoms with Crippen LogP contribution in [0.5, 0.6) is 0 Å². The van der Waals surface area contributed by atoms with Gasteiger partial charge in [0.1, 0.15) is 0 Å². The van der Waals surface area contributed by atoms with Crippen molar-refractivity contribution < 1.29 is 9.53 Å².